The van der Waals surface area contributed by atoms with Crippen molar-refractivity contribution >= 4 is 23.3 Å². The average Bonchev–Trinajstić information content (AvgIpc) is 2.89. The van der Waals surface area contributed by atoms with Gasteiger partial charge in [-0.15, -0.1) is 11.3 Å². The highest BCUT2D eigenvalue weighted by Gasteiger charge is 2.13. The summed E-state index contributed by atoms with van der Waals surface area (Å²) >= 11 is 1.29. The molecule has 2 amide bonds. The van der Waals surface area contributed by atoms with Crippen LogP contribution in [0.15, 0.2) is 17.5 Å². The van der Waals surface area contributed by atoms with E-state index in [0.717, 1.165) is 19.3 Å². The van der Waals surface area contributed by atoms with Gasteiger partial charge in [-0.25, -0.2) is 14.6 Å². The monoisotopic (exact) mass is 295 g/mol. The third kappa shape index (κ3) is 4.34. The molecule has 0 saturated heterocycles. The Morgan fingerprint density at radius 3 is 2.95 bits per heavy atom. The number of carbonyl (C=O) groups excluding carboxylic acids is 1. The first-order valence-electron chi connectivity index (χ1n) is 6.52. The fraction of sp³-hybridized carbons (Fsp3) is 0.462. The van der Waals surface area contributed by atoms with Crippen molar-refractivity contribution in [3.63, 3.8) is 0 Å². The summed E-state index contributed by atoms with van der Waals surface area (Å²) in [6, 6.07) is 0.0267. The van der Waals surface area contributed by atoms with Crippen molar-refractivity contribution in [2.75, 3.05) is 6.54 Å². The maximum absolute atomic E-state index is 11.7. The van der Waals surface area contributed by atoms with E-state index in [4.69, 9.17) is 5.11 Å². The van der Waals surface area contributed by atoms with Crippen molar-refractivity contribution in [2.24, 2.45) is 0 Å². The van der Waals surface area contributed by atoms with Gasteiger partial charge in [-0.05, 0) is 19.3 Å². The van der Waals surface area contributed by atoms with Crippen LogP contribution in [0.2, 0.25) is 0 Å². The SMILES string of the molecule is O=C(NCCc1nc(C(=O)O)cs1)NC1CC=CCC1. The summed E-state index contributed by atoms with van der Waals surface area (Å²) in [6.45, 7) is 0.445. The van der Waals surface area contributed by atoms with Gasteiger partial charge < -0.3 is 15.7 Å². The molecular weight excluding hydrogens is 278 g/mol. The van der Waals surface area contributed by atoms with E-state index in [1.54, 1.807) is 0 Å². The number of carboxylic acid groups (broad SMARTS) is 1. The van der Waals surface area contributed by atoms with Crippen LogP contribution in [0.5, 0.6) is 0 Å². The minimum Gasteiger partial charge on any atom is -0.476 e. The van der Waals surface area contributed by atoms with E-state index in [1.807, 2.05) is 0 Å². The molecule has 0 aromatic carbocycles. The second-order valence-corrected chi connectivity index (χ2v) is 5.51. The number of aromatic carboxylic acids is 1. The van der Waals surface area contributed by atoms with Gasteiger partial charge in [0, 0.05) is 24.4 Å². The van der Waals surface area contributed by atoms with E-state index < -0.39 is 5.97 Å². The minimum atomic E-state index is -1.02. The number of allylic oxidation sites excluding steroid dienone is 1. The number of carbonyl (C=O) groups is 2. The lowest BCUT2D eigenvalue weighted by atomic mass is 10.0. The predicted octanol–water partition coefficient (Wildman–Crippen LogP) is 1.79. The van der Waals surface area contributed by atoms with E-state index in [2.05, 4.69) is 27.8 Å². The Morgan fingerprint density at radius 1 is 1.45 bits per heavy atom. The van der Waals surface area contributed by atoms with E-state index in [-0.39, 0.29) is 17.8 Å². The lowest BCUT2D eigenvalue weighted by Gasteiger charge is -2.19. The van der Waals surface area contributed by atoms with Gasteiger partial charge in [0.1, 0.15) is 0 Å². The molecule has 0 radical (unpaired) electrons. The van der Waals surface area contributed by atoms with E-state index in [0.29, 0.717) is 18.0 Å². The fourth-order valence-electron chi connectivity index (χ4n) is 1.97. The summed E-state index contributed by atoms with van der Waals surface area (Å²) in [6.07, 6.45) is 7.59. The molecule has 1 heterocycles. The number of hydrogen-bond acceptors (Lipinski definition) is 4. The van der Waals surface area contributed by atoms with E-state index >= 15 is 0 Å². The maximum atomic E-state index is 11.7. The van der Waals surface area contributed by atoms with Crippen LogP contribution in [-0.4, -0.2) is 34.7 Å². The van der Waals surface area contributed by atoms with Crippen LogP contribution in [0.1, 0.15) is 34.8 Å². The van der Waals surface area contributed by atoms with Crippen molar-refractivity contribution < 1.29 is 14.7 Å². The van der Waals surface area contributed by atoms with Crippen molar-refractivity contribution in [3.05, 3.63) is 28.2 Å². The molecule has 2 rings (SSSR count). The minimum absolute atomic E-state index is 0.0587. The molecule has 0 spiro atoms. The number of amides is 2. The Kier molecular flexibility index (Phi) is 5.11. The summed E-state index contributed by atoms with van der Waals surface area (Å²) in [7, 11) is 0. The molecule has 0 fully saturated rings. The molecule has 20 heavy (non-hydrogen) atoms. The molecule has 1 aliphatic rings. The van der Waals surface area contributed by atoms with Gasteiger partial charge in [0.05, 0.1) is 5.01 Å². The van der Waals surface area contributed by atoms with Crippen LogP contribution in [0, 0.1) is 0 Å². The van der Waals surface area contributed by atoms with Gasteiger partial charge in [0.25, 0.3) is 0 Å². The zero-order valence-corrected chi connectivity index (χ0v) is 11.8. The number of thiazole rings is 1. The quantitative estimate of drug-likeness (QED) is 0.722. The fourth-order valence-corrected chi connectivity index (χ4v) is 2.74. The molecule has 7 heteroatoms. The highest BCUT2D eigenvalue weighted by atomic mass is 32.1. The summed E-state index contributed by atoms with van der Waals surface area (Å²) in [4.78, 5) is 26.3. The first-order valence-corrected chi connectivity index (χ1v) is 7.40. The van der Waals surface area contributed by atoms with Crippen LogP contribution in [0.4, 0.5) is 4.79 Å². The lowest BCUT2D eigenvalue weighted by molar-refractivity contribution is 0.0691. The number of nitrogens with zero attached hydrogens (tertiary/aromatic N) is 1. The number of nitrogens with one attached hydrogen (secondary N) is 2. The molecule has 0 aliphatic heterocycles. The number of hydrogen-bond donors (Lipinski definition) is 3. The van der Waals surface area contributed by atoms with Crippen molar-refractivity contribution in [1.82, 2.24) is 15.6 Å². The third-order valence-electron chi connectivity index (χ3n) is 3.00. The Balaban J connectivity index is 1.68. The first kappa shape index (κ1) is 14.5. The van der Waals surface area contributed by atoms with E-state index in [1.165, 1.54) is 16.7 Å². The van der Waals surface area contributed by atoms with Gasteiger partial charge in [-0.2, -0.15) is 0 Å². The van der Waals surface area contributed by atoms with Gasteiger partial charge in [-0.3, -0.25) is 0 Å². The van der Waals surface area contributed by atoms with Gasteiger partial charge >= 0.3 is 12.0 Å². The summed E-state index contributed by atoms with van der Waals surface area (Å²) in [5.74, 6) is -1.02. The van der Waals surface area contributed by atoms with Crippen molar-refractivity contribution in [1.29, 1.82) is 0 Å². The molecule has 1 aliphatic carbocycles. The van der Waals surface area contributed by atoms with Crippen LogP contribution in [-0.2, 0) is 6.42 Å². The normalized spacial score (nSPS) is 17.7. The Bertz CT molecular complexity index is 513. The number of rotatable bonds is 5. The van der Waals surface area contributed by atoms with Gasteiger partial charge in [-0.1, -0.05) is 12.2 Å². The highest BCUT2D eigenvalue weighted by Crippen LogP contribution is 2.11. The van der Waals surface area contributed by atoms with Crippen LogP contribution in [0.25, 0.3) is 0 Å². The zero-order valence-electron chi connectivity index (χ0n) is 11.0. The number of aromatic nitrogens is 1. The van der Waals surface area contributed by atoms with Gasteiger partial charge in [0.15, 0.2) is 5.69 Å². The molecule has 1 atom stereocenters. The Labute approximate surface area is 120 Å². The van der Waals surface area contributed by atoms with Crippen molar-refractivity contribution in [3.8, 4) is 0 Å². The third-order valence-corrected chi connectivity index (χ3v) is 3.91. The lowest BCUT2D eigenvalue weighted by Crippen LogP contribution is -2.43. The highest BCUT2D eigenvalue weighted by molar-refractivity contribution is 7.09. The molecule has 1 aromatic rings. The Hall–Kier alpha value is -1.89. The standard InChI is InChI=1S/C13H17N3O3S/c17-12(18)10-8-20-11(16-10)6-7-14-13(19)15-9-4-2-1-3-5-9/h1-2,8-9H,3-7H2,(H,17,18)(H2,14,15,19). The van der Waals surface area contributed by atoms with Crippen LogP contribution < -0.4 is 10.6 Å². The first-order chi connectivity index (χ1) is 9.65. The molecule has 108 valence electrons. The topological polar surface area (TPSA) is 91.3 Å². The van der Waals surface area contributed by atoms with Gasteiger partial charge in [0.2, 0.25) is 0 Å². The number of urea groups is 1. The van der Waals surface area contributed by atoms with E-state index in [9.17, 15) is 9.59 Å². The van der Waals surface area contributed by atoms with Crippen LogP contribution >= 0.6 is 11.3 Å². The predicted molar refractivity (Wildman–Crippen MR) is 76.1 cm³/mol. The maximum Gasteiger partial charge on any atom is 0.355 e. The zero-order chi connectivity index (χ0) is 14.4. The average molecular weight is 295 g/mol. The summed E-state index contributed by atoms with van der Waals surface area (Å²) < 4.78 is 0. The molecule has 0 saturated carbocycles. The summed E-state index contributed by atoms with van der Waals surface area (Å²) in [5.41, 5.74) is 0.0587. The Morgan fingerprint density at radius 2 is 2.30 bits per heavy atom. The summed E-state index contributed by atoms with van der Waals surface area (Å²) in [5, 5.41) is 16.6. The molecule has 6 nitrogen and oxygen atoms in total. The smallest absolute Gasteiger partial charge is 0.355 e. The number of carboxylic acids is 1. The molecule has 3 N–H and O–H groups in total. The van der Waals surface area contributed by atoms with Crippen molar-refractivity contribution in [2.45, 2.75) is 31.7 Å². The van der Waals surface area contributed by atoms with Crippen LogP contribution in [0.3, 0.4) is 0 Å². The molecule has 1 aromatic heterocycles. The largest absolute Gasteiger partial charge is 0.476 e. The second kappa shape index (κ2) is 7.04. The molecular formula is C13H17N3O3S. The molecule has 0 bridgehead atoms. The molecule has 1 unspecified atom stereocenters. The second-order valence-electron chi connectivity index (χ2n) is 4.56.